The predicted molar refractivity (Wildman–Crippen MR) is 77.3 cm³/mol. The first-order valence-corrected chi connectivity index (χ1v) is 6.34. The number of aliphatic hydroxyl groups excluding tert-OH is 1. The number of carbonyl (C=O) groups excluding carboxylic acids is 1. The monoisotopic (exact) mass is 284 g/mol. The highest BCUT2D eigenvalue weighted by molar-refractivity contribution is 5.85. The van der Waals surface area contributed by atoms with E-state index >= 15 is 0 Å². The lowest BCUT2D eigenvalue weighted by Gasteiger charge is -2.22. The van der Waals surface area contributed by atoms with Crippen molar-refractivity contribution < 1.29 is 9.90 Å². The van der Waals surface area contributed by atoms with Crippen molar-refractivity contribution in [2.24, 2.45) is 5.41 Å². The van der Waals surface area contributed by atoms with Crippen LogP contribution in [0.15, 0.2) is 30.3 Å². The van der Waals surface area contributed by atoms with E-state index in [1.54, 1.807) is 0 Å². The summed E-state index contributed by atoms with van der Waals surface area (Å²) in [6.07, 6.45) is 0.202. The summed E-state index contributed by atoms with van der Waals surface area (Å²) in [4.78, 5) is 12.0. The van der Waals surface area contributed by atoms with Gasteiger partial charge in [0.2, 0.25) is 5.91 Å². The predicted octanol–water partition coefficient (Wildman–Crippen LogP) is 1.26. The van der Waals surface area contributed by atoms with E-state index in [4.69, 9.17) is 0 Å². The van der Waals surface area contributed by atoms with Crippen LogP contribution in [0.1, 0.15) is 25.0 Å². The van der Waals surface area contributed by atoms with E-state index in [2.05, 4.69) is 10.6 Å². The molecular weight excluding hydrogens is 264 g/mol. The molecule has 1 heterocycles. The molecule has 0 radical (unpaired) electrons. The van der Waals surface area contributed by atoms with Crippen molar-refractivity contribution in [1.82, 2.24) is 10.6 Å². The Kier molecular flexibility index (Phi) is 5.79. The van der Waals surface area contributed by atoms with Gasteiger partial charge in [-0.15, -0.1) is 12.4 Å². The van der Waals surface area contributed by atoms with Gasteiger partial charge >= 0.3 is 0 Å². The summed E-state index contributed by atoms with van der Waals surface area (Å²) in [5.41, 5.74) is 0.489. The van der Waals surface area contributed by atoms with Crippen LogP contribution in [0.3, 0.4) is 0 Å². The average molecular weight is 285 g/mol. The molecule has 2 atom stereocenters. The fraction of sp³-hybridized carbons (Fsp3) is 0.500. The summed E-state index contributed by atoms with van der Waals surface area (Å²) in [5, 5.41) is 16.0. The zero-order valence-electron chi connectivity index (χ0n) is 11.1. The molecular formula is C14H21ClN2O2. The van der Waals surface area contributed by atoms with Gasteiger partial charge in [-0.3, -0.25) is 4.79 Å². The van der Waals surface area contributed by atoms with Crippen molar-refractivity contribution in [2.75, 3.05) is 19.6 Å². The highest BCUT2D eigenvalue weighted by atomic mass is 35.5. The third-order valence-corrected chi connectivity index (χ3v) is 3.56. The van der Waals surface area contributed by atoms with E-state index < -0.39 is 6.10 Å². The standard InChI is InChI=1S/C14H20N2O2.ClH/c1-14(7-8-15-10-14)13(18)16-9-12(17)11-5-3-2-4-6-11;/h2-6,12,15,17H,7-10H2,1H3,(H,16,18);1H. The van der Waals surface area contributed by atoms with Crippen molar-refractivity contribution in [2.45, 2.75) is 19.4 Å². The Morgan fingerprint density at radius 1 is 1.47 bits per heavy atom. The SMILES string of the molecule is CC1(C(=O)NCC(O)c2ccccc2)CCNC1.Cl. The van der Waals surface area contributed by atoms with Gasteiger partial charge in [-0.2, -0.15) is 0 Å². The third kappa shape index (κ3) is 3.93. The van der Waals surface area contributed by atoms with Crippen molar-refractivity contribution in [3.63, 3.8) is 0 Å². The van der Waals surface area contributed by atoms with Crippen LogP contribution in [0, 0.1) is 5.41 Å². The molecule has 1 aromatic carbocycles. The molecule has 1 aromatic rings. The maximum Gasteiger partial charge on any atom is 0.227 e. The molecule has 4 nitrogen and oxygen atoms in total. The molecule has 1 aliphatic heterocycles. The summed E-state index contributed by atoms with van der Waals surface area (Å²) < 4.78 is 0. The lowest BCUT2D eigenvalue weighted by atomic mass is 9.89. The molecule has 0 spiro atoms. The summed E-state index contributed by atoms with van der Waals surface area (Å²) in [6.45, 7) is 3.81. The van der Waals surface area contributed by atoms with E-state index in [1.807, 2.05) is 37.3 Å². The molecule has 0 bridgehead atoms. The lowest BCUT2D eigenvalue weighted by molar-refractivity contribution is -0.129. The van der Waals surface area contributed by atoms with Crippen LogP contribution in [-0.4, -0.2) is 30.6 Å². The summed E-state index contributed by atoms with van der Waals surface area (Å²) in [7, 11) is 0. The van der Waals surface area contributed by atoms with Crippen LogP contribution in [0.5, 0.6) is 0 Å². The molecule has 2 unspecified atom stereocenters. The van der Waals surface area contributed by atoms with Crippen LogP contribution in [0.4, 0.5) is 0 Å². The van der Waals surface area contributed by atoms with E-state index in [0.29, 0.717) is 6.54 Å². The molecule has 2 rings (SSSR count). The molecule has 1 amide bonds. The molecule has 19 heavy (non-hydrogen) atoms. The zero-order chi connectivity index (χ0) is 13.0. The third-order valence-electron chi connectivity index (χ3n) is 3.56. The number of hydrogen-bond acceptors (Lipinski definition) is 3. The van der Waals surface area contributed by atoms with Crippen molar-refractivity contribution in [3.8, 4) is 0 Å². The number of benzene rings is 1. The minimum atomic E-state index is -0.645. The van der Waals surface area contributed by atoms with Crippen LogP contribution >= 0.6 is 12.4 Å². The molecule has 3 N–H and O–H groups in total. The Bertz CT molecular complexity index is 405. The van der Waals surface area contributed by atoms with Gasteiger partial charge in [0.1, 0.15) is 0 Å². The van der Waals surface area contributed by atoms with Crippen LogP contribution in [-0.2, 0) is 4.79 Å². The largest absolute Gasteiger partial charge is 0.387 e. The van der Waals surface area contributed by atoms with E-state index in [0.717, 1.165) is 18.5 Å². The Hall–Kier alpha value is -1.10. The van der Waals surface area contributed by atoms with Gasteiger partial charge in [0.05, 0.1) is 11.5 Å². The minimum Gasteiger partial charge on any atom is -0.387 e. The van der Waals surface area contributed by atoms with Crippen LogP contribution in [0.25, 0.3) is 0 Å². The van der Waals surface area contributed by atoms with E-state index in [9.17, 15) is 9.90 Å². The van der Waals surface area contributed by atoms with Gasteiger partial charge in [-0.25, -0.2) is 0 Å². The van der Waals surface area contributed by atoms with Crippen molar-refractivity contribution in [3.05, 3.63) is 35.9 Å². The Morgan fingerprint density at radius 2 is 2.16 bits per heavy atom. The maximum absolute atomic E-state index is 12.0. The number of aliphatic hydroxyl groups is 1. The Balaban J connectivity index is 0.00000180. The van der Waals surface area contributed by atoms with Crippen LogP contribution < -0.4 is 10.6 Å². The van der Waals surface area contributed by atoms with Gasteiger partial charge in [-0.05, 0) is 25.5 Å². The number of amides is 1. The molecule has 5 heteroatoms. The van der Waals surface area contributed by atoms with Crippen LogP contribution in [0.2, 0.25) is 0 Å². The fourth-order valence-corrected chi connectivity index (χ4v) is 2.21. The van der Waals surface area contributed by atoms with Gasteiger partial charge < -0.3 is 15.7 Å². The number of carbonyl (C=O) groups is 1. The highest BCUT2D eigenvalue weighted by Crippen LogP contribution is 2.24. The highest BCUT2D eigenvalue weighted by Gasteiger charge is 2.36. The minimum absolute atomic E-state index is 0. The lowest BCUT2D eigenvalue weighted by Crippen LogP contribution is -2.41. The smallest absolute Gasteiger partial charge is 0.227 e. The molecule has 0 saturated carbocycles. The summed E-state index contributed by atoms with van der Waals surface area (Å²) in [5.74, 6) is 0.0162. The molecule has 1 aliphatic rings. The summed E-state index contributed by atoms with van der Waals surface area (Å²) in [6, 6.07) is 9.37. The van der Waals surface area contributed by atoms with Gasteiger partial charge in [-0.1, -0.05) is 30.3 Å². The van der Waals surface area contributed by atoms with Crippen molar-refractivity contribution in [1.29, 1.82) is 0 Å². The normalized spacial score (nSPS) is 23.5. The second kappa shape index (κ2) is 6.89. The number of hydrogen-bond donors (Lipinski definition) is 3. The first-order chi connectivity index (χ1) is 8.62. The summed E-state index contributed by atoms with van der Waals surface area (Å²) >= 11 is 0. The zero-order valence-corrected chi connectivity index (χ0v) is 11.9. The first kappa shape index (κ1) is 16.0. The molecule has 0 aromatic heterocycles. The van der Waals surface area contributed by atoms with Gasteiger partial charge in [0.25, 0.3) is 0 Å². The fourth-order valence-electron chi connectivity index (χ4n) is 2.21. The quantitative estimate of drug-likeness (QED) is 0.780. The average Bonchev–Trinajstić information content (AvgIpc) is 2.85. The van der Waals surface area contributed by atoms with Crippen molar-refractivity contribution >= 4 is 18.3 Å². The molecule has 106 valence electrons. The topological polar surface area (TPSA) is 61.4 Å². The Morgan fingerprint density at radius 3 is 2.74 bits per heavy atom. The van der Waals surface area contributed by atoms with Gasteiger partial charge in [0, 0.05) is 13.1 Å². The number of nitrogens with one attached hydrogen (secondary N) is 2. The molecule has 1 fully saturated rings. The Labute approximate surface area is 120 Å². The van der Waals surface area contributed by atoms with E-state index in [1.165, 1.54) is 0 Å². The second-order valence-corrected chi connectivity index (χ2v) is 5.12. The number of rotatable bonds is 4. The first-order valence-electron chi connectivity index (χ1n) is 6.34. The van der Waals surface area contributed by atoms with E-state index in [-0.39, 0.29) is 30.3 Å². The maximum atomic E-state index is 12.0. The molecule has 0 aliphatic carbocycles. The molecule has 1 saturated heterocycles. The second-order valence-electron chi connectivity index (χ2n) is 5.12. The van der Waals surface area contributed by atoms with Gasteiger partial charge in [0.15, 0.2) is 0 Å². The number of halogens is 1.